The molecule has 0 fully saturated rings. The van der Waals surface area contributed by atoms with Crippen LogP contribution in [-0.4, -0.2) is 30.0 Å². The van der Waals surface area contributed by atoms with Crippen LogP contribution in [0.2, 0.25) is 4.34 Å². The van der Waals surface area contributed by atoms with Gasteiger partial charge in [0.1, 0.15) is 0 Å². The molecule has 0 radical (unpaired) electrons. The molecule has 132 valence electrons. The topological polar surface area (TPSA) is 72.5 Å². The summed E-state index contributed by atoms with van der Waals surface area (Å²) in [4.78, 5) is 35.8. The number of nitrogens with one attached hydrogen (secondary N) is 1. The number of hydrogen-bond donors (Lipinski definition) is 1. The third-order valence-corrected chi connectivity index (χ3v) is 5.38. The smallest absolute Gasteiger partial charge is 0.316 e. The molecule has 1 aromatic carbocycles. The van der Waals surface area contributed by atoms with Gasteiger partial charge in [-0.25, -0.2) is 0 Å². The van der Waals surface area contributed by atoms with E-state index in [2.05, 4.69) is 5.32 Å². The van der Waals surface area contributed by atoms with Gasteiger partial charge in [-0.2, -0.15) is 0 Å². The highest BCUT2D eigenvalue weighted by molar-refractivity contribution is 7.99. The minimum atomic E-state index is -0.458. The maximum absolute atomic E-state index is 11.8. The molecule has 25 heavy (non-hydrogen) atoms. The molecule has 5 nitrogen and oxygen atoms in total. The number of ether oxygens (including phenoxy) is 1. The van der Waals surface area contributed by atoms with Gasteiger partial charge in [0.15, 0.2) is 12.4 Å². The Labute approximate surface area is 158 Å². The standard InChI is InChI=1S/C17H16ClNO4S2/c1-11(20)12-3-2-4-13(7-12)19-16(21)8-23-17(22)10-24-9-14-5-6-15(18)25-14/h2-7H,8-10H2,1H3,(H,19,21). The summed E-state index contributed by atoms with van der Waals surface area (Å²) in [5.41, 5.74) is 0.984. The Morgan fingerprint density at radius 1 is 1.24 bits per heavy atom. The summed E-state index contributed by atoms with van der Waals surface area (Å²) >= 11 is 8.70. The van der Waals surface area contributed by atoms with E-state index in [9.17, 15) is 14.4 Å². The summed E-state index contributed by atoms with van der Waals surface area (Å²) in [7, 11) is 0. The highest BCUT2D eigenvalue weighted by Crippen LogP contribution is 2.25. The number of amides is 1. The number of benzene rings is 1. The van der Waals surface area contributed by atoms with Crippen LogP contribution >= 0.6 is 34.7 Å². The Balaban J connectivity index is 1.69. The van der Waals surface area contributed by atoms with Gasteiger partial charge in [-0.15, -0.1) is 23.1 Å². The van der Waals surface area contributed by atoms with Gasteiger partial charge < -0.3 is 10.1 Å². The molecule has 1 amide bonds. The largest absolute Gasteiger partial charge is 0.455 e. The van der Waals surface area contributed by atoms with Gasteiger partial charge in [-0.05, 0) is 31.2 Å². The van der Waals surface area contributed by atoms with E-state index in [1.165, 1.54) is 30.0 Å². The molecular formula is C17H16ClNO4S2. The van der Waals surface area contributed by atoms with Crippen molar-refractivity contribution in [3.63, 3.8) is 0 Å². The monoisotopic (exact) mass is 397 g/mol. The number of halogens is 1. The number of esters is 1. The zero-order chi connectivity index (χ0) is 18.2. The first-order valence-electron chi connectivity index (χ1n) is 7.32. The summed E-state index contributed by atoms with van der Waals surface area (Å²) in [5, 5.41) is 2.59. The van der Waals surface area contributed by atoms with Crippen molar-refractivity contribution >= 4 is 58.0 Å². The number of rotatable bonds is 8. The maximum atomic E-state index is 11.8. The first-order chi connectivity index (χ1) is 11.9. The molecule has 0 spiro atoms. The van der Waals surface area contributed by atoms with E-state index < -0.39 is 11.9 Å². The van der Waals surface area contributed by atoms with Crippen molar-refractivity contribution in [3.8, 4) is 0 Å². The molecule has 0 saturated carbocycles. The highest BCUT2D eigenvalue weighted by atomic mass is 35.5. The third kappa shape index (κ3) is 6.89. The quantitative estimate of drug-likeness (QED) is 0.538. The van der Waals surface area contributed by atoms with Gasteiger partial charge in [0.05, 0.1) is 10.1 Å². The van der Waals surface area contributed by atoms with Crippen molar-refractivity contribution in [1.82, 2.24) is 0 Å². The Morgan fingerprint density at radius 2 is 2.04 bits per heavy atom. The Hall–Kier alpha value is -1.83. The lowest BCUT2D eigenvalue weighted by atomic mass is 10.1. The first-order valence-corrected chi connectivity index (χ1v) is 9.67. The second kappa shape index (κ2) is 9.60. The first kappa shape index (κ1) is 19.5. The zero-order valence-corrected chi connectivity index (χ0v) is 15.8. The number of hydrogen-bond acceptors (Lipinski definition) is 6. The molecule has 1 aromatic heterocycles. The molecule has 0 aliphatic heterocycles. The van der Waals surface area contributed by atoms with Crippen molar-refractivity contribution in [2.45, 2.75) is 12.7 Å². The van der Waals surface area contributed by atoms with Crippen LogP contribution in [0.5, 0.6) is 0 Å². The van der Waals surface area contributed by atoms with Crippen LogP contribution in [-0.2, 0) is 20.1 Å². The summed E-state index contributed by atoms with van der Waals surface area (Å²) < 4.78 is 5.65. The molecule has 0 bridgehead atoms. The number of carbonyl (C=O) groups excluding carboxylic acids is 3. The van der Waals surface area contributed by atoms with Crippen LogP contribution in [0.4, 0.5) is 5.69 Å². The van der Waals surface area contributed by atoms with Crippen molar-refractivity contribution in [3.05, 3.63) is 51.2 Å². The lowest BCUT2D eigenvalue weighted by Gasteiger charge is -2.07. The molecule has 1 N–H and O–H groups in total. The van der Waals surface area contributed by atoms with Crippen molar-refractivity contribution < 1.29 is 19.1 Å². The molecule has 8 heteroatoms. The SMILES string of the molecule is CC(=O)c1cccc(NC(=O)COC(=O)CSCc2ccc(Cl)s2)c1. The lowest BCUT2D eigenvalue weighted by Crippen LogP contribution is -2.21. The molecule has 2 aromatic rings. The summed E-state index contributed by atoms with van der Waals surface area (Å²) in [6, 6.07) is 10.3. The summed E-state index contributed by atoms with van der Waals surface area (Å²) in [6.45, 7) is 1.08. The number of thiophene rings is 1. The van der Waals surface area contributed by atoms with Crippen LogP contribution < -0.4 is 5.32 Å². The molecular weight excluding hydrogens is 382 g/mol. The van der Waals surface area contributed by atoms with E-state index in [1.807, 2.05) is 12.1 Å². The number of ketones is 1. The Kier molecular flexibility index (Phi) is 7.49. The number of anilines is 1. The van der Waals surface area contributed by atoms with Gasteiger partial charge >= 0.3 is 5.97 Å². The maximum Gasteiger partial charge on any atom is 0.316 e. The highest BCUT2D eigenvalue weighted by Gasteiger charge is 2.09. The lowest BCUT2D eigenvalue weighted by molar-refractivity contribution is -0.144. The van der Waals surface area contributed by atoms with Gasteiger partial charge in [0.2, 0.25) is 0 Å². The number of Topliss-reactive ketones (excluding diaryl/α,β-unsaturated/α-hetero) is 1. The summed E-state index contributed by atoms with van der Waals surface area (Å²) in [5.74, 6) is -0.185. The third-order valence-electron chi connectivity index (χ3n) is 3.01. The molecule has 0 aliphatic carbocycles. The van der Waals surface area contributed by atoms with Crippen LogP contribution in [0.15, 0.2) is 36.4 Å². The molecule has 0 atom stereocenters. The minimum Gasteiger partial charge on any atom is -0.455 e. The Bertz CT molecular complexity index is 776. The fraction of sp³-hybridized carbons (Fsp3) is 0.235. The predicted octanol–water partition coefficient (Wildman–Crippen LogP) is 4.02. The van der Waals surface area contributed by atoms with Crippen molar-refractivity contribution in [2.24, 2.45) is 0 Å². The second-order valence-electron chi connectivity index (χ2n) is 5.04. The molecule has 0 aliphatic rings. The van der Waals surface area contributed by atoms with E-state index >= 15 is 0 Å². The van der Waals surface area contributed by atoms with Crippen LogP contribution in [0.3, 0.4) is 0 Å². The van der Waals surface area contributed by atoms with E-state index in [1.54, 1.807) is 24.3 Å². The van der Waals surface area contributed by atoms with Crippen LogP contribution in [0.25, 0.3) is 0 Å². The fourth-order valence-electron chi connectivity index (χ4n) is 1.86. The molecule has 0 unspecified atom stereocenters. The zero-order valence-electron chi connectivity index (χ0n) is 13.4. The Morgan fingerprint density at radius 3 is 2.72 bits per heavy atom. The van der Waals surface area contributed by atoms with Crippen LogP contribution in [0, 0.1) is 0 Å². The fourth-order valence-corrected chi connectivity index (χ4v) is 3.88. The van der Waals surface area contributed by atoms with Crippen LogP contribution in [0.1, 0.15) is 22.2 Å². The van der Waals surface area contributed by atoms with E-state index in [0.717, 1.165) is 4.88 Å². The van der Waals surface area contributed by atoms with Gasteiger partial charge in [-0.1, -0.05) is 23.7 Å². The van der Waals surface area contributed by atoms with Crippen molar-refractivity contribution in [1.29, 1.82) is 0 Å². The number of thioether (sulfide) groups is 1. The predicted molar refractivity (Wildman–Crippen MR) is 102 cm³/mol. The average Bonchev–Trinajstić information content (AvgIpc) is 2.98. The number of carbonyl (C=O) groups is 3. The molecule has 0 saturated heterocycles. The normalized spacial score (nSPS) is 10.3. The van der Waals surface area contributed by atoms with Gasteiger partial charge in [-0.3, -0.25) is 14.4 Å². The van der Waals surface area contributed by atoms with Gasteiger partial charge in [0, 0.05) is 21.9 Å². The molecule has 1 heterocycles. The van der Waals surface area contributed by atoms with Crippen molar-refractivity contribution in [2.75, 3.05) is 17.7 Å². The van der Waals surface area contributed by atoms with E-state index in [-0.39, 0.29) is 18.1 Å². The average molecular weight is 398 g/mol. The minimum absolute atomic E-state index is 0.0911. The summed E-state index contributed by atoms with van der Waals surface area (Å²) in [6.07, 6.45) is 0. The van der Waals surface area contributed by atoms with E-state index in [0.29, 0.717) is 21.3 Å². The second-order valence-corrected chi connectivity index (χ2v) is 7.83. The van der Waals surface area contributed by atoms with E-state index in [4.69, 9.17) is 16.3 Å². The van der Waals surface area contributed by atoms with Gasteiger partial charge in [0.25, 0.3) is 5.91 Å². The molecule has 2 rings (SSSR count).